The highest BCUT2D eigenvalue weighted by Crippen LogP contribution is 2.25. The average Bonchev–Trinajstić information content (AvgIpc) is 2.53. The van der Waals surface area contributed by atoms with Gasteiger partial charge in [0.05, 0.1) is 0 Å². The Labute approximate surface area is 105 Å². The smallest absolute Gasteiger partial charge is 0.275 e. The Balaban J connectivity index is 2.36. The minimum atomic E-state index is -0.739. The van der Waals surface area contributed by atoms with Crippen molar-refractivity contribution >= 4 is 17.5 Å². The van der Waals surface area contributed by atoms with Crippen LogP contribution in [0, 0.1) is 0 Å². The van der Waals surface area contributed by atoms with Crippen LogP contribution >= 0.6 is 0 Å². The second-order valence-corrected chi connectivity index (χ2v) is 4.68. The van der Waals surface area contributed by atoms with Crippen molar-refractivity contribution in [1.29, 1.82) is 0 Å². The molecule has 0 spiro atoms. The maximum absolute atomic E-state index is 12.2. The van der Waals surface area contributed by atoms with Crippen LogP contribution in [0.3, 0.4) is 0 Å². The molecule has 18 heavy (non-hydrogen) atoms. The second-order valence-electron chi connectivity index (χ2n) is 4.68. The molecule has 1 heterocycles. The van der Waals surface area contributed by atoms with Gasteiger partial charge in [-0.2, -0.15) is 0 Å². The summed E-state index contributed by atoms with van der Waals surface area (Å²) in [7, 11) is 0. The average molecular weight is 245 g/mol. The molecule has 2 N–H and O–H groups in total. The van der Waals surface area contributed by atoms with Crippen molar-refractivity contribution in [1.82, 2.24) is 4.90 Å². The van der Waals surface area contributed by atoms with E-state index in [1.165, 1.54) is 4.90 Å². The van der Waals surface area contributed by atoms with Crippen LogP contribution in [0.15, 0.2) is 35.3 Å². The summed E-state index contributed by atoms with van der Waals surface area (Å²) >= 11 is 0. The van der Waals surface area contributed by atoms with E-state index in [-0.39, 0.29) is 12.5 Å². The number of carbonyl (C=O) groups excluding carboxylic acids is 2. The van der Waals surface area contributed by atoms with Crippen molar-refractivity contribution in [3.8, 4) is 0 Å². The van der Waals surface area contributed by atoms with Gasteiger partial charge in [-0.1, -0.05) is 30.3 Å². The van der Waals surface area contributed by atoms with Crippen LogP contribution in [0.25, 0.3) is 0 Å². The molecule has 1 aromatic carbocycles. The SMILES string of the molecule is CC1(C)N=C(c2ccccc2)C(=O)N1CC(N)=O. The topological polar surface area (TPSA) is 75.8 Å². The van der Waals surface area contributed by atoms with Crippen LogP contribution in [0.5, 0.6) is 0 Å². The first-order valence-electron chi connectivity index (χ1n) is 5.67. The van der Waals surface area contributed by atoms with E-state index in [0.29, 0.717) is 5.71 Å². The van der Waals surface area contributed by atoms with Crippen molar-refractivity contribution < 1.29 is 9.59 Å². The van der Waals surface area contributed by atoms with E-state index in [1.54, 1.807) is 13.8 Å². The molecule has 0 bridgehead atoms. The first-order valence-corrected chi connectivity index (χ1v) is 5.67. The molecular formula is C13H15N3O2. The lowest BCUT2D eigenvalue weighted by atomic mass is 10.1. The van der Waals surface area contributed by atoms with Crippen LogP contribution in [-0.2, 0) is 9.59 Å². The van der Waals surface area contributed by atoms with Gasteiger partial charge in [-0.15, -0.1) is 0 Å². The van der Waals surface area contributed by atoms with Gasteiger partial charge < -0.3 is 10.6 Å². The quantitative estimate of drug-likeness (QED) is 0.843. The molecule has 0 atom stereocenters. The van der Waals surface area contributed by atoms with Crippen molar-refractivity contribution in [2.24, 2.45) is 10.7 Å². The van der Waals surface area contributed by atoms with E-state index in [0.717, 1.165) is 5.56 Å². The summed E-state index contributed by atoms with van der Waals surface area (Å²) < 4.78 is 0. The lowest BCUT2D eigenvalue weighted by Gasteiger charge is -2.28. The molecule has 0 unspecified atom stereocenters. The highest BCUT2D eigenvalue weighted by molar-refractivity contribution is 6.46. The molecule has 5 nitrogen and oxygen atoms in total. The number of rotatable bonds is 3. The zero-order valence-corrected chi connectivity index (χ0v) is 10.4. The predicted octanol–water partition coefficient (Wildman–Crippen LogP) is 0.539. The van der Waals surface area contributed by atoms with Crippen molar-refractivity contribution in [2.75, 3.05) is 6.54 Å². The molecule has 1 aliphatic rings. The standard InChI is InChI=1S/C13H15N3O2/c1-13(2)15-11(9-6-4-3-5-7-9)12(18)16(13)8-10(14)17/h3-7H,8H2,1-2H3,(H2,14,17). The largest absolute Gasteiger partial charge is 0.368 e. The van der Waals surface area contributed by atoms with Crippen molar-refractivity contribution in [2.45, 2.75) is 19.5 Å². The number of aliphatic imine (C=N–C) groups is 1. The Morgan fingerprint density at radius 2 is 1.94 bits per heavy atom. The van der Waals surface area contributed by atoms with Gasteiger partial charge in [0.15, 0.2) is 0 Å². The molecule has 5 heteroatoms. The van der Waals surface area contributed by atoms with Gasteiger partial charge in [0.1, 0.15) is 17.9 Å². The first kappa shape index (κ1) is 12.3. The maximum atomic E-state index is 12.2. The molecule has 0 saturated carbocycles. The highest BCUT2D eigenvalue weighted by Gasteiger charge is 2.40. The molecule has 0 saturated heterocycles. The molecule has 2 amide bonds. The normalized spacial score (nSPS) is 17.8. The van der Waals surface area contributed by atoms with Gasteiger partial charge in [-0.25, -0.2) is 0 Å². The van der Waals surface area contributed by atoms with Gasteiger partial charge in [0.2, 0.25) is 5.91 Å². The van der Waals surface area contributed by atoms with E-state index in [2.05, 4.69) is 4.99 Å². The number of hydrogen-bond acceptors (Lipinski definition) is 3. The zero-order chi connectivity index (χ0) is 13.3. The van der Waals surface area contributed by atoms with Crippen LogP contribution in [0.1, 0.15) is 19.4 Å². The third-order valence-electron chi connectivity index (χ3n) is 2.85. The third kappa shape index (κ3) is 2.11. The molecule has 0 aliphatic carbocycles. The minimum absolute atomic E-state index is 0.119. The molecule has 0 aromatic heterocycles. The molecule has 1 aliphatic heterocycles. The predicted molar refractivity (Wildman–Crippen MR) is 68.0 cm³/mol. The summed E-state index contributed by atoms with van der Waals surface area (Å²) in [4.78, 5) is 29.0. The van der Waals surface area contributed by atoms with Crippen LogP contribution in [0.4, 0.5) is 0 Å². The Kier molecular flexibility index (Phi) is 2.90. The summed E-state index contributed by atoms with van der Waals surface area (Å²) in [5.74, 6) is -0.800. The minimum Gasteiger partial charge on any atom is -0.368 e. The number of carbonyl (C=O) groups is 2. The zero-order valence-electron chi connectivity index (χ0n) is 10.4. The maximum Gasteiger partial charge on any atom is 0.275 e. The molecule has 0 radical (unpaired) electrons. The Morgan fingerprint density at radius 1 is 1.33 bits per heavy atom. The van der Waals surface area contributed by atoms with Gasteiger partial charge >= 0.3 is 0 Å². The molecule has 94 valence electrons. The fourth-order valence-electron chi connectivity index (χ4n) is 1.96. The Hall–Kier alpha value is -2.17. The summed E-state index contributed by atoms with van der Waals surface area (Å²) in [6.07, 6.45) is 0. The highest BCUT2D eigenvalue weighted by atomic mass is 16.2. The molecular weight excluding hydrogens is 230 g/mol. The van der Waals surface area contributed by atoms with E-state index < -0.39 is 11.6 Å². The number of nitrogens with two attached hydrogens (primary N) is 1. The van der Waals surface area contributed by atoms with Crippen LogP contribution < -0.4 is 5.73 Å². The molecule has 2 rings (SSSR count). The second kappa shape index (κ2) is 4.25. The lowest BCUT2D eigenvalue weighted by Crippen LogP contribution is -2.47. The summed E-state index contributed by atoms with van der Waals surface area (Å²) in [5.41, 5.74) is 5.55. The number of primary amides is 1. The van der Waals surface area contributed by atoms with Crippen molar-refractivity contribution in [3.63, 3.8) is 0 Å². The van der Waals surface area contributed by atoms with Gasteiger partial charge in [0.25, 0.3) is 5.91 Å². The van der Waals surface area contributed by atoms with Gasteiger partial charge in [0, 0.05) is 5.56 Å². The fourth-order valence-corrected chi connectivity index (χ4v) is 1.96. The van der Waals surface area contributed by atoms with Crippen LogP contribution in [-0.4, -0.2) is 34.6 Å². The monoisotopic (exact) mass is 245 g/mol. The summed E-state index contributed by atoms with van der Waals surface area (Å²) in [5, 5.41) is 0. The Morgan fingerprint density at radius 3 is 2.50 bits per heavy atom. The Bertz CT molecular complexity index is 520. The van der Waals surface area contributed by atoms with E-state index in [9.17, 15) is 9.59 Å². The number of nitrogens with zero attached hydrogens (tertiary/aromatic N) is 2. The van der Waals surface area contributed by atoms with Gasteiger partial charge in [-0.05, 0) is 13.8 Å². The van der Waals surface area contributed by atoms with E-state index in [1.807, 2.05) is 30.3 Å². The first-order chi connectivity index (χ1) is 8.42. The lowest BCUT2D eigenvalue weighted by molar-refractivity contribution is -0.132. The number of benzene rings is 1. The number of amides is 2. The summed E-state index contributed by atoms with van der Waals surface area (Å²) in [6.45, 7) is 3.44. The third-order valence-corrected chi connectivity index (χ3v) is 2.85. The van der Waals surface area contributed by atoms with Crippen LogP contribution in [0.2, 0.25) is 0 Å². The van der Waals surface area contributed by atoms with Crippen molar-refractivity contribution in [3.05, 3.63) is 35.9 Å². The molecule has 1 aromatic rings. The fraction of sp³-hybridized carbons (Fsp3) is 0.308. The van der Waals surface area contributed by atoms with E-state index in [4.69, 9.17) is 5.73 Å². The number of hydrogen-bond donors (Lipinski definition) is 1. The van der Waals surface area contributed by atoms with Gasteiger partial charge in [-0.3, -0.25) is 14.6 Å². The summed E-state index contributed by atoms with van der Waals surface area (Å²) in [6, 6.07) is 9.20. The molecule has 0 fully saturated rings. The van der Waals surface area contributed by atoms with E-state index >= 15 is 0 Å².